The average molecular weight is 259 g/mol. The van der Waals surface area contributed by atoms with Gasteiger partial charge in [0.1, 0.15) is 5.69 Å². The fraction of sp³-hybridized carbons (Fsp3) is 0.286. The van der Waals surface area contributed by atoms with E-state index >= 15 is 0 Å². The molecule has 5 heteroatoms. The number of carbonyl (C=O) groups is 1. The van der Waals surface area contributed by atoms with Crippen LogP contribution in [0.1, 0.15) is 21.6 Å². The number of carbonyl (C=O) groups excluding carboxylic acids is 1. The molecule has 0 saturated heterocycles. The molecule has 0 atom stereocenters. The van der Waals surface area contributed by atoms with Crippen LogP contribution in [0.25, 0.3) is 0 Å². The van der Waals surface area contributed by atoms with E-state index in [1.165, 1.54) is 11.8 Å². The van der Waals surface area contributed by atoms with Crippen LogP contribution in [0.5, 0.6) is 0 Å². The topological polar surface area (TPSA) is 69.2 Å². The number of rotatable bonds is 5. The van der Waals surface area contributed by atoms with E-state index in [2.05, 4.69) is 10.2 Å². The molecule has 0 spiro atoms. The number of aromatic nitrogens is 2. The number of nitrogens with zero attached hydrogens (tertiary/aromatic N) is 2. The molecule has 0 saturated carbocycles. The number of hydrogen-bond acceptors (Lipinski definition) is 3. The SMILES string of the molecule is Cc1ccc(CN(CCO)C(=O)c2ccn[nH]2)cc1. The monoisotopic (exact) mass is 259 g/mol. The Bertz CT molecular complexity index is 520. The summed E-state index contributed by atoms with van der Waals surface area (Å²) in [6, 6.07) is 9.61. The maximum Gasteiger partial charge on any atom is 0.272 e. The molecule has 0 aliphatic carbocycles. The summed E-state index contributed by atoms with van der Waals surface area (Å²) in [6.07, 6.45) is 1.54. The third kappa shape index (κ3) is 3.42. The molecule has 1 heterocycles. The molecule has 1 aromatic heterocycles. The zero-order valence-corrected chi connectivity index (χ0v) is 10.8. The van der Waals surface area contributed by atoms with Crippen LogP contribution in [0.4, 0.5) is 0 Å². The van der Waals surface area contributed by atoms with E-state index in [9.17, 15) is 4.79 Å². The van der Waals surface area contributed by atoms with E-state index < -0.39 is 0 Å². The fourth-order valence-corrected chi connectivity index (χ4v) is 1.83. The highest BCUT2D eigenvalue weighted by Crippen LogP contribution is 2.09. The molecule has 19 heavy (non-hydrogen) atoms. The second-order valence-electron chi connectivity index (χ2n) is 4.41. The first-order valence-electron chi connectivity index (χ1n) is 6.16. The van der Waals surface area contributed by atoms with Crippen LogP contribution in [0.3, 0.4) is 0 Å². The van der Waals surface area contributed by atoms with Crippen molar-refractivity contribution >= 4 is 5.91 Å². The molecule has 0 unspecified atom stereocenters. The van der Waals surface area contributed by atoms with Crippen LogP contribution >= 0.6 is 0 Å². The Hall–Kier alpha value is -2.14. The summed E-state index contributed by atoms with van der Waals surface area (Å²) in [4.78, 5) is 13.8. The van der Waals surface area contributed by atoms with Gasteiger partial charge in [-0.25, -0.2) is 0 Å². The Balaban J connectivity index is 2.11. The van der Waals surface area contributed by atoms with Crippen molar-refractivity contribution in [1.82, 2.24) is 15.1 Å². The standard InChI is InChI=1S/C14H17N3O2/c1-11-2-4-12(5-3-11)10-17(8-9-18)14(19)13-6-7-15-16-13/h2-7,18H,8-10H2,1H3,(H,15,16). The molecule has 0 aliphatic rings. The Morgan fingerprint density at radius 2 is 2.05 bits per heavy atom. The third-order valence-corrected chi connectivity index (χ3v) is 2.88. The minimum atomic E-state index is -0.160. The summed E-state index contributed by atoms with van der Waals surface area (Å²) >= 11 is 0. The number of nitrogens with one attached hydrogen (secondary N) is 1. The number of aliphatic hydroxyl groups is 1. The lowest BCUT2D eigenvalue weighted by molar-refractivity contribution is 0.0702. The Morgan fingerprint density at radius 3 is 2.63 bits per heavy atom. The van der Waals surface area contributed by atoms with Gasteiger partial charge in [-0.1, -0.05) is 29.8 Å². The molecule has 0 fully saturated rings. The number of hydrogen-bond donors (Lipinski definition) is 2. The lowest BCUT2D eigenvalue weighted by Gasteiger charge is -2.21. The van der Waals surface area contributed by atoms with Gasteiger partial charge in [0, 0.05) is 19.3 Å². The molecule has 2 rings (SSSR count). The van der Waals surface area contributed by atoms with Gasteiger partial charge in [0.05, 0.1) is 6.61 Å². The molecule has 5 nitrogen and oxygen atoms in total. The van der Waals surface area contributed by atoms with Gasteiger partial charge >= 0.3 is 0 Å². The molecular formula is C14H17N3O2. The number of aliphatic hydroxyl groups excluding tert-OH is 1. The number of aryl methyl sites for hydroxylation is 1. The molecule has 0 radical (unpaired) electrons. The summed E-state index contributed by atoms with van der Waals surface area (Å²) in [5.41, 5.74) is 2.64. The van der Waals surface area contributed by atoms with Gasteiger partial charge in [-0.2, -0.15) is 5.10 Å². The van der Waals surface area contributed by atoms with Crippen LogP contribution in [-0.4, -0.2) is 39.3 Å². The zero-order valence-electron chi connectivity index (χ0n) is 10.8. The zero-order chi connectivity index (χ0) is 13.7. The van der Waals surface area contributed by atoms with Gasteiger partial charge in [0.25, 0.3) is 5.91 Å². The van der Waals surface area contributed by atoms with E-state index in [1.807, 2.05) is 31.2 Å². The number of benzene rings is 1. The number of H-pyrrole nitrogens is 1. The summed E-state index contributed by atoms with van der Waals surface area (Å²) in [5.74, 6) is -0.160. The lowest BCUT2D eigenvalue weighted by atomic mass is 10.1. The highest BCUT2D eigenvalue weighted by Gasteiger charge is 2.16. The van der Waals surface area contributed by atoms with Crippen molar-refractivity contribution in [1.29, 1.82) is 0 Å². The molecule has 2 aromatic rings. The van der Waals surface area contributed by atoms with Crippen LogP contribution in [0, 0.1) is 6.92 Å². The number of aromatic amines is 1. The highest BCUT2D eigenvalue weighted by molar-refractivity contribution is 5.92. The second-order valence-corrected chi connectivity index (χ2v) is 4.41. The quantitative estimate of drug-likeness (QED) is 0.851. The second kappa shape index (κ2) is 6.15. The first kappa shape index (κ1) is 13.3. The van der Waals surface area contributed by atoms with Crippen molar-refractivity contribution in [3.05, 3.63) is 53.3 Å². The Labute approximate surface area is 111 Å². The van der Waals surface area contributed by atoms with Crippen molar-refractivity contribution in [2.24, 2.45) is 0 Å². The van der Waals surface area contributed by atoms with Crippen molar-refractivity contribution in [2.45, 2.75) is 13.5 Å². The van der Waals surface area contributed by atoms with Crippen molar-refractivity contribution in [2.75, 3.05) is 13.2 Å². The smallest absolute Gasteiger partial charge is 0.272 e. The summed E-state index contributed by atoms with van der Waals surface area (Å²) in [5, 5.41) is 15.5. The molecule has 1 amide bonds. The van der Waals surface area contributed by atoms with E-state index in [0.29, 0.717) is 18.8 Å². The largest absolute Gasteiger partial charge is 0.395 e. The lowest BCUT2D eigenvalue weighted by Crippen LogP contribution is -2.33. The molecule has 100 valence electrons. The van der Waals surface area contributed by atoms with Crippen molar-refractivity contribution in [3.63, 3.8) is 0 Å². The third-order valence-electron chi connectivity index (χ3n) is 2.88. The van der Waals surface area contributed by atoms with Crippen molar-refractivity contribution < 1.29 is 9.90 Å². The predicted octanol–water partition coefficient (Wildman–Crippen LogP) is 1.35. The van der Waals surface area contributed by atoms with E-state index in [1.54, 1.807) is 11.0 Å². The van der Waals surface area contributed by atoms with Crippen LogP contribution in [0.15, 0.2) is 36.5 Å². The Morgan fingerprint density at radius 1 is 1.32 bits per heavy atom. The van der Waals surface area contributed by atoms with Gasteiger partial charge in [-0.3, -0.25) is 9.89 Å². The summed E-state index contributed by atoms with van der Waals surface area (Å²) in [6.45, 7) is 2.72. The summed E-state index contributed by atoms with van der Waals surface area (Å²) in [7, 11) is 0. The van der Waals surface area contributed by atoms with Crippen molar-refractivity contribution in [3.8, 4) is 0 Å². The van der Waals surface area contributed by atoms with E-state index in [0.717, 1.165) is 5.56 Å². The minimum Gasteiger partial charge on any atom is -0.395 e. The van der Waals surface area contributed by atoms with Gasteiger partial charge in [0.2, 0.25) is 0 Å². The molecule has 1 aromatic carbocycles. The maximum atomic E-state index is 12.2. The summed E-state index contributed by atoms with van der Waals surface area (Å²) < 4.78 is 0. The predicted molar refractivity (Wildman–Crippen MR) is 71.6 cm³/mol. The van der Waals surface area contributed by atoms with Crippen LogP contribution in [0.2, 0.25) is 0 Å². The maximum absolute atomic E-state index is 12.2. The molecule has 0 bridgehead atoms. The van der Waals surface area contributed by atoms with Gasteiger partial charge < -0.3 is 10.0 Å². The normalized spacial score (nSPS) is 10.4. The fourth-order valence-electron chi connectivity index (χ4n) is 1.83. The highest BCUT2D eigenvalue weighted by atomic mass is 16.3. The minimum absolute atomic E-state index is 0.0638. The van der Waals surface area contributed by atoms with E-state index in [4.69, 9.17) is 5.11 Å². The molecular weight excluding hydrogens is 242 g/mol. The molecule has 0 aliphatic heterocycles. The van der Waals surface area contributed by atoms with Crippen LogP contribution in [-0.2, 0) is 6.54 Å². The van der Waals surface area contributed by atoms with Crippen LogP contribution < -0.4 is 0 Å². The molecule has 2 N–H and O–H groups in total. The van der Waals surface area contributed by atoms with Gasteiger partial charge in [-0.05, 0) is 18.6 Å². The first-order chi connectivity index (χ1) is 9.20. The number of amides is 1. The first-order valence-corrected chi connectivity index (χ1v) is 6.16. The Kier molecular flexibility index (Phi) is 4.30. The van der Waals surface area contributed by atoms with Gasteiger partial charge in [0.15, 0.2) is 0 Å². The average Bonchev–Trinajstić information content (AvgIpc) is 2.94. The van der Waals surface area contributed by atoms with Gasteiger partial charge in [-0.15, -0.1) is 0 Å². The van der Waals surface area contributed by atoms with E-state index in [-0.39, 0.29) is 12.5 Å².